The summed E-state index contributed by atoms with van der Waals surface area (Å²) in [5.41, 5.74) is 5.46. The van der Waals surface area contributed by atoms with E-state index in [1.165, 1.54) is 16.3 Å². The zero-order chi connectivity index (χ0) is 17.6. The molecule has 25 heavy (non-hydrogen) atoms. The molecule has 4 rings (SSSR count). The third-order valence-electron chi connectivity index (χ3n) is 4.82. The van der Waals surface area contributed by atoms with Crippen molar-refractivity contribution in [2.24, 2.45) is 0 Å². The van der Waals surface area contributed by atoms with E-state index in [9.17, 15) is 0 Å². The lowest BCUT2D eigenvalue weighted by molar-refractivity contribution is 0.573. The van der Waals surface area contributed by atoms with E-state index in [0.29, 0.717) is 0 Å². The van der Waals surface area contributed by atoms with Crippen LogP contribution in [0.5, 0.6) is 0 Å². The van der Waals surface area contributed by atoms with Crippen LogP contribution in [0.4, 0.5) is 11.4 Å². The Bertz CT molecular complexity index is 1040. The molecule has 0 radical (unpaired) electrons. The molecule has 0 amide bonds. The smallest absolute Gasteiger partial charge is 0.223 e. The van der Waals surface area contributed by atoms with Crippen LogP contribution in [0, 0.1) is 0 Å². The Balaban J connectivity index is 1.99. The molecule has 4 aromatic rings. The van der Waals surface area contributed by atoms with Crippen LogP contribution in [-0.4, -0.2) is 7.98 Å². The molecule has 0 atom stereocenters. The third kappa shape index (κ3) is 2.60. The van der Waals surface area contributed by atoms with Gasteiger partial charge in [0, 0.05) is 22.0 Å². The average molecular weight is 327 g/mol. The molecule has 3 heteroatoms. The molecule has 0 N–H and O–H groups in total. The molecule has 0 fully saturated rings. The lowest BCUT2D eigenvalue weighted by Crippen LogP contribution is -2.11. The number of fused-ring (bicyclic) bond motifs is 3. The average Bonchev–Trinajstić information content (AvgIpc) is 2.99. The van der Waals surface area contributed by atoms with E-state index in [0.717, 1.165) is 22.5 Å². The highest BCUT2D eigenvalue weighted by molar-refractivity contribution is 6.25. The molecule has 0 spiro atoms. The van der Waals surface area contributed by atoms with Crippen LogP contribution in [0.15, 0.2) is 71.1 Å². The monoisotopic (exact) mass is 327 g/mol. The number of hydrogen-bond acceptors (Lipinski definition) is 2. The molecule has 0 aliphatic heterocycles. The van der Waals surface area contributed by atoms with Gasteiger partial charge in [0.05, 0.1) is 5.69 Å². The molecule has 0 saturated carbocycles. The van der Waals surface area contributed by atoms with Gasteiger partial charge in [0.2, 0.25) is 7.98 Å². The minimum Gasteiger partial charge on any atom is -0.454 e. The molecule has 0 aliphatic rings. The molecule has 0 saturated heterocycles. The molecular weight excluding hydrogens is 305 g/mol. The van der Waals surface area contributed by atoms with Crippen LogP contribution in [0.1, 0.15) is 26.3 Å². The maximum absolute atomic E-state index is 6.44. The van der Waals surface area contributed by atoms with Crippen LogP contribution in [-0.2, 0) is 5.41 Å². The lowest BCUT2D eigenvalue weighted by atomic mass is 9.86. The van der Waals surface area contributed by atoms with Crippen molar-refractivity contribution in [1.82, 2.24) is 0 Å². The predicted octanol–water partition coefficient (Wildman–Crippen LogP) is 5.57. The van der Waals surface area contributed by atoms with Crippen molar-refractivity contribution in [1.29, 1.82) is 0 Å². The van der Waals surface area contributed by atoms with Crippen molar-refractivity contribution in [2.75, 3.05) is 4.81 Å². The highest BCUT2D eigenvalue weighted by Gasteiger charge is 2.21. The largest absolute Gasteiger partial charge is 0.454 e. The summed E-state index contributed by atoms with van der Waals surface area (Å²) in [6.45, 7) is 6.68. The van der Waals surface area contributed by atoms with E-state index in [1.807, 2.05) is 6.07 Å². The van der Waals surface area contributed by atoms with Crippen molar-refractivity contribution < 1.29 is 4.42 Å². The summed E-state index contributed by atoms with van der Waals surface area (Å²) in [6, 6.07) is 23.2. The Labute approximate surface area is 149 Å². The van der Waals surface area contributed by atoms with Gasteiger partial charge in [0.1, 0.15) is 5.58 Å². The third-order valence-corrected chi connectivity index (χ3v) is 4.82. The summed E-state index contributed by atoms with van der Waals surface area (Å²) in [5.74, 6) is 0. The number of hydrogen-bond donors (Lipinski definition) is 0. The van der Waals surface area contributed by atoms with Crippen molar-refractivity contribution in [3.05, 3.63) is 72.3 Å². The minimum atomic E-state index is 0.0406. The molecule has 3 aromatic carbocycles. The zero-order valence-electron chi connectivity index (χ0n) is 15.2. The zero-order valence-corrected chi connectivity index (χ0v) is 15.2. The SMILES string of the molecule is BN(c1ccccc1)c1cccc2c1oc1c(C(C)(C)C)cccc12. The van der Waals surface area contributed by atoms with Gasteiger partial charge in [-0.2, -0.15) is 0 Å². The number of anilines is 2. The van der Waals surface area contributed by atoms with Gasteiger partial charge in [-0.15, -0.1) is 0 Å². The van der Waals surface area contributed by atoms with Crippen molar-refractivity contribution in [2.45, 2.75) is 26.2 Å². The summed E-state index contributed by atoms with van der Waals surface area (Å²) < 4.78 is 6.44. The number of furan rings is 1. The van der Waals surface area contributed by atoms with Crippen LogP contribution in [0.25, 0.3) is 21.9 Å². The van der Waals surface area contributed by atoms with E-state index < -0.39 is 0 Å². The summed E-state index contributed by atoms with van der Waals surface area (Å²) in [5, 5.41) is 2.35. The Hall–Kier alpha value is -2.68. The Kier molecular flexibility index (Phi) is 3.61. The molecule has 2 nitrogen and oxygen atoms in total. The fourth-order valence-electron chi connectivity index (χ4n) is 3.45. The maximum Gasteiger partial charge on any atom is 0.223 e. The molecule has 0 bridgehead atoms. The van der Waals surface area contributed by atoms with Crippen LogP contribution < -0.4 is 4.81 Å². The summed E-state index contributed by atoms with van der Waals surface area (Å²) in [7, 11) is 2.09. The van der Waals surface area contributed by atoms with E-state index in [-0.39, 0.29) is 5.41 Å². The fraction of sp³-hybridized carbons (Fsp3) is 0.182. The molecule has 124 valence electrons. The van der Waals surface area contributed by atoms with Gasteiger partial charge in [0.15, 0.2) is 5.58 Å². The van der Waals surface area contributed by atoms with E-state index in [4.69, 9.17) is 4.42 Å². The second kappa shape index (κ2) is 5.70. The van der Waals surface area contributed by atoms with Gasteiger partial charge in [-0.25, -0.2) is 0 Å². The van der Waals surface area contributed by atoms with Gasteiger partial charge in [-0.1, -0.05) is 69.3 Å². The molecule has 0 unspecified atom stereocenters. The molecular formula is C22H22BNO. The second-order valence-electron chi connectivity index (χ2n) is 7.58. The number of rotatable bonds is 2. The topological polar surface area (TPSA) is 16.4 Å². The van der Waals surface area contributed by atoms with E-state index >= 15 is 0 Å². The van der Waals surface area contributed by atoms with Gasteiger partial charge in [0.25, 0.3) is 0 Å². The fourth-order valence-corrected chi connectivity index (χ4v) is 3.45. The van der Waals surface area contributed by atoms with Gasteiger partial charge >= 0.3 is 0 Å². The Morgan fingerprint density at radius 1 is 0.760 bits per heavy atom. The van der Waals surface area contributed by atoms with Crippen LogP contribution in [0.2, 0.25) is 0 Å². The number of nitrogens with zero attached hydrogens (tertiary/aromatic N) is 1. The van der Waals surface area contributed by atoms with Gasteiger partial charge in [-0.05, 0) is 23.6 Å². The number of para-hydroxylation sites is 3. The first-order chi connectivity index (χ1) is 12.0. The standard InChI is InChI=1S/C22H22BNO/c1-22(2,3)18-13-7-11-16-17-12-8-14-19(21(17)25-20(16)18)24(23)15-9-5-4-6-10-15/h4-14H,23H2,1-3H3. The second-order valence-corrected chi connectivity index (χ2v) is 7.58. The summed E-state index contributed by atoms with van der Waals surface area (Å²) in [4.78, 5) is 2.18. The summed E-state index contributed by atoms with van der Waals surface area (Å²) >= 11 is 0. The highest BCUT2D eigenvalue weighted by Crippen LogP contribution is 2.40. The lowest BCUT2D eigenvalue weighted by Gasteiger charge is -2.20. The first-order valence-electron chi connectivity index (χ1n) is 8.70. The van der Waals surface area contributed by atoms with Crippen molar-refractivity contribution in [3.63, 3.8) is 0 Å². The van der Waals surface area contributed by atoms with E-state index in [1.54, 1.807) is 0 Å². The Morgan fingerprint density at radius 3 is 2.08 bits per heavy atom. The summed E-state index contributed by atoms with van der Waals surface area (Å²) in [6.07, 6.45) is 0. The normalized spacial score (nSPS) is 12.0. The first-order valence-corrected chi connectivity index (χ1v) is 8.70. The van der Waals surface area contributed by atoms with E-state index in [2.05, 4.69) is 94.2 Å². The van der Waals surface area contributed by atoms with Crippen molar-refractivity contribution >= 4 is 41.3 Å². The van der Waals surface area contributed by atoms with Crippen LogP contribution >= 0.6 is 0 Å². The number of benzene rings is 3. The maximum atomic E-state index is 6.44. The minimum absolute atomic E-state index is 0.0406. The van der Waals surface area contributed by atoms with Crippen molar-refractivity contribution in [3.8, 4) is 0 Å². The molecule has 0 aliphatic carbocycles. The van der Waals surface area contributed by atoms with Gasteiger partial charge in [-0.3, -0.25) is 0 Å². The van der Waals surface area contributed by atoms with Crippen LogP contribution in [0.3, 0.4) is 0 Å². The Morgan fingerprint density at radius 2 is 1.40 bits per heavy atom. The molecule has 1 aromatic heterocycles. The van der Waals surface area contributed by atoms with Gasteiger partial charge < -0.3 is 9.23 Å². The highest BCUT2D eigenvalue weighted by atomic mass is 16.3. The first kappa shape index (κ1) is 15.8. The molecule has 1 heterocycles. The quantitative estimate of drug-likeness (QED) is 0.448. The predicted molar refractivity (Wildman–Crippen MR) is 110 cm³/mol.